The summed E-state index contributed by atoms with van der Waals surface area (Å²) in [4.78, 5) is 22.6. The molecule has 0 fully saturated rings. The fourth-order valence-electron chi connectivity index (χ4n) is 1.41. The van der Waals surface area contributed by atoms with Gasteiger partial charge in [0.15, 0.2) is 5.82 Å². The van der Waals surface area contributed by atoms with Crippen LogP contribution in [0.4, 0.5) is 0 Å². The first-order valence-electron chi connectivity index (χ1n) is 5.15. The Morgan fingerprint density at radius 2 is 2.29 bits per heavy atom. The van der Waals surface area contributed by atoms with Gasteiger partial charge in [-0.2, -0.15) is 0 Å². The van der Waals surface area contributed by atoms with Crippen LogP contribution in [0.2, 0.25) is 0 Å². The van der Waals surface area contributed by atoms with E-state index in [9.17, 15) is 4.79 Å². The van der Waals surface area contributed by atoms with Gasteiger partial charge in [0.2, 0.25) is 0 Å². The molecule has 5 nitrogen and oxygen atoms in total. The van der Waals surface area contributed by atoms with Crippen LogP contribution in [-0.2, 0) is 0 Å². The highest BCUT2D eigenvalue weighted by atomic mass is 16.2. The minimum atomic E-state index is -0.325. The molecule has 2 N–H and O–H groups in total. The van der Waals surface area contributed by atoms with Crippen LogP contribution in [0.25, 0.3) is 0 Å². The van der Waals surface area contributed by atoms with Crippen molar-refractivity contribution in [1.82, 2.24) is 20.3 Å². The van der Waals surface area contributed by atoms with Crippen molar-refractivity contribution >= 4 is 5.91 Å². The molecule has 2 aromatic heterocycles. The number of pyridine rings is 1. The highest BCUT2D eigenvalue weighted by molar-refractivity contribution is 5.90. The Morgan fingerprint density at radius 1 is 1.41 bits per heavy atom. The lowest BCUT2D eigenvalue weighted by Crippen LogP contribution is -2.28. The Kier molecular flexibility index (Phi) is 3.30. The summed E-state index contributed by atoms with van der Waals surface area (Å²) in [5, 5.41) is 2.77. The largest absolute Gasteiger partial charge is 0.341 e. The zero-order valence-electron chi connectivity index (χ0n) is 9.13. The van der Waals surface area contributed by atoms with Gasteiger partial charge in [-0.05, 0) is 12.1 Å². The van der Waals surface area contributed by atoms with Crippen molar-refractivity contribution in [2.45, 2.75) is 6.04 Å². The normalized spacial score (nSPS) is 11.8. The second-order valence-corrected chi connectivity index (χ2v) is 3.38. The number of nitrogens with one attached hydrogen (secondary N) is 2. The van der Waals surface area contributed by atoms with Crippen LogP contribution in [0.15, 0.2) is 49.4 Å². The van der Waals surface area contributed by atoms with Gasteiger partial charge in [0.1, 0.15) is 0 Å². The predicted octanol–water partition coefficient (Wildman–Crippen LogP) is 1.46. The van der Waals surface area contributed by atoms with Crippen molar-refractivity contribution in [3.05, 3.63) is 61.0 Å². The van der Waals surface area contributed by atoms with E-state index in [0.29, 0.717) is 0 Å². The van der Waals surface area contributed by atoms with Gasteiger partial charge in [-0.15, -0.1) is 6.58 Å². The van der Waals surface area contributed by atoms with Crippen LogP contribution < -0.4 is 5.32 Å². The smallest absolute Gasteiger partial charge is 0.287 e. The Hall–Kier alpha value is -2.43. The lowest BCUT2D eigenvalue weighted by Gasteiger charge is -2.12. The highest BCUT2D eigenvalue weighted by Crippen LogP contribution is 2.10. The molecule has 2 rings (SSSR count). The molecule has 0 aromatic carbocycles. The van der Waals surface area contributed by atoms with Gasteiger partial charge in [0.05, 0.1) is 11.7 Å². The van der Waals surface area contributed by atoms with Crippen LogP contribution >= 0.6 is 0 Å². The zero-order chi connectivity index (χ0) is 12.1. The summed E-state index contributed by atoms with van der Waals surface area (Å²) in [7, 11) is 0. The van der Waals surface area contributed by atoms with Crippen LogP contribution in [0.5, 0.6) is 0 Å². The van der Waals surface area contributed by atoms with E-state index in [1.54, 1.807) is 18.5 Å². The van der Waals surface area contributed by atoms with E-state index in [2.05, 4.69) is 26.8 Å². The number of hydrogen-bond acceptors (Lipinski definition) is 3. The van der Waals surface area contributed by atoms with E-state index >= 15 is 0 Å². The van der Waals surface area contributed by atoms with Crippen molar-refractivity contribution in [3.8, 4) is 0 Å². The number of amides is 1. The minimum Gasteiger partial charge on any atom is -0.341 e. The summed E-state index contributed by atoms with van der Waals surface area (Å²) >= 11 is 0. The summed E-state index contributed by atoms with van der Waals surface area (Å²) in [6.45, 7) is 3.69. The second kappa shape index (κ2) is 5.07. The third-order valence-electron chi connectivity index (χ3n) is 2.24. The van der Waals surface area contributed by atoms with Gasteiger partial charge >= 0.3 is 0 Å². The highest BCUT2D eigenvalue weighted by Gasteiger charge is 2.14. The first-order chi connectivity index (χ1) is 8.31. The Bertz CT molecular complexity index is 492. The molecule has 86 valence electrons. The van der Waals surface area contributed by atoms with Crippen molar-refractivity contribution in [1.29, 1.82) is 0 Å². The molecule has 5 heteroatoms. The zero-order valence-corrected chi connectivity index (χ0v) is 9.13. The summed E-state index contributed by atoms with van der Waals surface area (Å²) in [6.07, 6.45) is 6.42. The minimum absolute atomic E-state index is 0.271. The number of H-pyrrole nitrogens is 1. The Labute approximate surface area is 98.6 Å². The molecule has 0 spiro atoms. The molecular weight excluding hydrogens is 216 g/mol. The number of imidazole rings is 1. The maximum Gasteiger partial charge on any atom is 0.287 e. The monoisotopic (exact) mass is 228 g/mol. The molecule has 1 unspecified atom stereocenters. The van der Waals surface area contributed by atoms with Crippen molar-refractivity contribution in [3.63, 3.8) is 0 Å². The summed E-state index contributed by atoms with van der Waals surface area (Å²) in [6, 6.07) is 5.18. The van der Waals surface area contributed by atoms with E-state index in [-0.39, 0.29) is 17.8 Å². The van der Waals surface area contributed by atoms with E-state index in [0.717, 1.165) is 5.69 Å². The fourth-order valence-corrected chi connectivity index (χ4v) is 1.41. The summed E-state index contributed by atoms with van der Waals surface area (Å²) in [5.74, 6) is -0.0154. The first kappa shape index (κ1) is 11.1. The average molecular weight is 228 g/mol. The van der Waals surface area contributed by atoms with Gasteiger partial charge in [-0.3, -0.25) is 9.78 Å². The molecule has 0 saturated carbocycles. The first-order valence-corrected chi connectivity index (χ1v) is 5.15. The molecule has 1 amide bonds. The van der Waals surface area contributed by atoms with Crippen molar-refractivity contribution < 1.29 is 4.79 Å². The molecule has 0 bridgehead atoms. The maximum atomic E-state index is 11.8. The van der Waals surface area contributed by atoms with Crippen LogP contribution in [0.1, 0.15) is 22.4 Å². The third kappa shape index (κ3) is 2.57. The number of carbonyl (C=O) groups is 1. The Balaban J connectivity index is 2.11. The third-order valence-corrected chi connectivity index (χ3v) is 2.24. The van der Waals surface area contributed by atoms with Gasteiger partial charge in [-0.25, -0.2) is 4.98 Å². The average Bonchev–Trinajstić information content (AvgIpc) is 2.90. The lowest BCUT2D eigenvalue weighted by molar-refractivity contribution is 0.0934. The SMILES string of the molecule is C=CC(NC(=O)c1ncc[nH]1)c1ccccn1. The molecule has 0 radical (unpaired) electrons. The molecule has 0 aliphatic carbocycles. The Morgan fingerprint density at radius 3 is 2.88 bits per heavy atom. The summed E-state index contributed by atoms with van der Waals surface area (Å²) in [5.41, 5.74) is 0.738. The topological polar surface area (TPSA) is 70.7 Å². The summed E-state index contributed by atoms with van der Waals surface area (Å²) < 4.78 is 0. The van der Waals surface area contributed by atoms with E-state index in [1.807, 2.05) is 18.2 Å². The number of rotatable bonds is 4. The number of carbonyl (C=O) groups excluding carboxylic acids is 1. The van der Waals surface area contributed by atoms with Crippen LogP contribution in [-0.4, -0.2) is 20.9 Å². The van der Waals surface area contributed by atoms with Crippen molar-refractivity contribution in [2.75, 3.05) is 0 Å². The number of nitrogens with zero attached hydrogens (tertiary/aromatic N) is 2. The number of aromatic amines is 1. The molecule has 0 saturated heterocycles. The maximum absolute atomic E-state index is 11.8. The molecular formula is C12H12N4O. The fraction of sp³-hybridized carbons (Fsp3) is 0.0833. The van der Waals surface area contributed by atoms with Crippen LogP contribution in [0.3, 0.4) is 0 Å². The van der Waals surface area contributed by atoms with E-state index < -0.39 is 0 Å². The van der Waals surface area contributed by atoms with E-state index in [1.165, 1.54) is 6.20 Å². The standard InChI is InChI=1S/C12H12N4O/c1-2-9(10-5-3-4-6-13-10)16-12(17)11-14-7-8-15-11/h2-9H,1H2,(H,14,15)(H,16,17). The molecule has 1 atom stereocenters. The predicted molar refractivity (Wildman–Crippen MR) is 63.2 cm³/mol. The quantitative estimate of drug-likeness (QED) is 0.778. The van der Waals surface area contributed by atoms with Gasteiger partial charge in [-0.1, -0.05) is 12.1 Å². The van der Waals surface area contributed by atoms with Gasteiger partial charge in [0.25, 0.3) is 5.91 Å². The van der Waals surface area contributed by atoms with E-state index in [4.69, 9.17) is 0 Å². The second-order valence-electron chi connectivity index (χ2n) is 3.38. The van der Waals surface area contributed by atoms with Gasteiger partial charge in [0, 0.05) is 18.6 Å². The van der Waals surface area contributed by atoms with Crippen molar-refractivity contribution in [2.24, 2.45) is 0 Å². The molecule has 17 heavy (non-hydrogen) atoms. The van der Waals surface area contributed by atoms with Gasteiger partial charge < -0.3 is 10.3 Å². The number of hydrogen-bond donors (Lipinski definition) is 2. The van der Waals surface area contributed by atoms with Crippen LogP contribution in [0, 0.1) is 0 Å². The molecule has 0 aliphatic heterocycles. The number of aromatic nitrogens is 3. The lowest BCUT2D eigenvalue weighted by atomic mass is 10.2. The molecule has 2 heterocycles. The molecule has 2 aromatic rings. The molecule has 0 aliphatic rings.